The Hall–Kier alpha value is -1.48. The zero-order chi connectivity index (χ0) is 14.6. The van der Waals surface area contributed by atoms with Crippen LogP contribution in [-0.4, -0.2) is 23.7 Å². The monoisotopic (exact) mass is 282 g/mol. The summed E-state index contributed by atoms with van der Waals surface area (Å²) in [6.07, 6.45) is -12.2. The SMILES string of the molecule is NC1=CC=C(N)C(F)(C(F)(F)F)C1(F)C(F)(F)F. The van der Waals surface area contributed by atoms with Gasteiger partial charge >= 0.3 is 12.4 Å². The van der Waals surface area contributed by atoms with Gasteiger partial charge in [0, 0.05) is 0 Å². The van der Waals surface area contributed by atoms with Gasteiger partial charge in [0.1, 0.15) is 0 Å². The van der Waals surface area contributed by atoms with Crippen molar-refractivity contribution < 1.29 is 35.1 Å². The first-order valence-corrected chi connectivity index (χ1v) is 4.25. The van der Waals surface area contributed by atoms with Gasteiger partial charge in [0.2, 0.25) is 0 Å². The summed E-state index contributed by atoms with van der Waals surface area (Å²) in [7, 11) is 0. The van der Waals surface area contributed by atoms with Crippen molar-refractivity contribution in [3.8, 4) is 0 Å². The van der Waals surface area contributed by atoms with E-state index in [1.54, 1.807) is 0 Å². The van der Waals surface area contributed by atoms with E-state index in [1.807, 2.05) is 0 Å². The highest BCUT2D eigenvalue weighted by atomic mass is 19.4. The quantitative estimate of drug-likeness (QED) is 0.669. The highest BCUT2D eigenvalue weighted by molar-refractivity contribution is 5.43. The maximum Gasteiger partial charge on any atom is 0.432 e. The Balaban J connectivity index is 3.66. The summed E-state index contributed by atoms with van der Waals surface area (Å²) >= 11 is 0. The van der Waals surface area contributed by atoms with E-state index in [1.165, 1.54) is 0 Å². The second-order valence-corrected chi connectivity index (χ2v) is 3.56. The van der Waals surface area contributed by atoms with Gasteiger partial charge in [0.15, 0.2) is 0 Å². The summed E-state index contributed by atoms with van der Waals surface area (Å²) < 4.78 is 102. The maximum absolute atomic E-state index is 13.7. The average Bonchev–Trinajstić information content (AvgIpc) is 2.17. The number of halogens is 8. The van der Waals surface area contributed by atoms with E-state index < -0.39 is 35.1 Å². The number of hydrogen-bond donors (Lipinski definition) is 2. The van der Waals surface area contributed by atoms with Crippen LogP contribution in [0.3, 0.4) is 0 Å². The van der Waals surface area contributed by atoms with Gasteiger partial charge in [-0.1, -0.05) is 0 Å². The van der Waals surface area contributed by atoms with Gasteiger partial charge in [-0.3, -0.25) is 0 Å². The summed E-state index contributed by atoms with van der Waals surface area (Å²) in [5.74, 6) is 0. The molecule has 0 saturated carbocycles. The third-order valence-electron chi connectivity index (χ3n) is 2.49. The van der Waals surface area contributed by atoms with Crippen molar-refractivity contribution in [2.24, 2.45) is 11.5 Å². The fourth-order valence-electron chi connectivity index (χ4n) is 1.52. The molecule has 10 heteroatoms. The van der Waals surface area contributed by atoms with E-state index in [-0.39, 0.29) is 12.2 Å². The van der Waals surface area contributed by atoms with Crippen molar-refractivity contribution in [1.82, 2.24) is 0 Å². The number of allylic oxidation sites excluding steroid dienone is 4. The lowest BCUT2D eigenvalue weighted by atomic mass is 9.76. The van der Waals surface area contributed by atoms with Crippen molar-refractivity contribution in [3.05, 3.63) is 23.5 Å². The maximum atomic E-state index is 13.7. The molecule has 0 spiro atoms. The number of rotatable bonds is 0. The fraction of sp³-hybridized carbons (Fsp3) is 0.500. The first kappa shape index (κ1) is 14.6. The van der Waals surface area contributed by atoms with Gasteiger partial charge in [-0.25, -0.2) is 8.78 Å². The van der Waals surface area contributed by atoms with Gasteiger partial charge in [0.25, 0.3) is 11.3 Å². The van der Waals surface area contributed by atoms with E-state index in [9.17, 15) is 35.1 Å². The summed E-state index contributed by atoms with van der Waals surface area (Å²) in [5, 5.41) is 0. The molecule has 0 fully saturated rings. The van der Waals surface area contributed by atoms with Gasteiger partial charge in [-0.2, -0.15) is 26.3 Å². The summed E-state index contributed by atoms with van der Waals surface area (Å²) in [5.41, 5.74) is -5.71. The molecule has 1 aliphatic rings. The summed E-state index contributed by atoms with van der Waals surface area (Å²) in [6, 6.07) is 0. The lowest BCUT2D eigenvalue weighted by molar-refractivity contribution is -0.320. The molecule has 2 nitrogen and oxygen atoms in total. The molecule has 0 saturated heterocycles. The predicted octanol–water partition coefficient (Wildman–Crippen LogP) is 2.23. The van der Waals surface area contributed by atoms with Crippen molar-refractivity contribution in [2.75, 3.05) is 0 Å². The van der Waals surface area contributed by atoms with Crippen LogP contribution in [0.15, 0.2) is 23.5 Å². The van der Waals surface area contributed by atoms with Crippen LogP contribution in [0.4, 0.5) is 35.1 Å². The van der Waals surface area contributed by atoms with Crippen LogP contribution >= 0.6 is 0 Å². The molecular weight excluding hydrogens is 276 g/mol. The third kappa shape index (κ3) is 1.47. The molecular formula is C8H6F8N2. The van der Waals surface area contributed by atoms with Crippen molar-refractivity contribution in [3.63, 3.8) is 0 Å². The van der Waals surface area contributed by atoms with Gasteiger partial charge in [-0.15, -0.1) is 0 Å². The minimum absolute atomic E-state index is 0.145. The van der Waals surface area contributed by atoms with E-state index in [4.69, 9.17) is 0 Å². The Labute approximate surface area is 94.9 Å². The van der Waals surface area contributed by atoms with Crippen LogP contribution in [0.25, 0.3) is 0 Å². The Kier molecular flexibility index (Phi) is 2.85. The Morgan fingerprint density at radius 1 is 0.722 bits per heavy atom. The minimum Gasteiger partial charge on any atom is -0.399 e. The molecule has 1 aliphatic carbocycles. The summed E-state index contributed by atoms with van der Waals surface area (Å²) in [4.78, 5) is 0. The highest BCUT2D eigenvalue weighted by Gasteiger charge is 2.82. The van der Waals surface area contributed by atoms with E-state index in [0.29, 0.717) is 0 Å². The normalized spacial score (nSPS) is 34.0. The standard InChI is InChI=1S/C8H6F8N2/c9-5(7(11,12)13)3(17)1-2-4(18)6(5,10)8(14,15)16/h1-2H,17-18H2. The third-order valence-corrected chi connectivity index (χ3v) is 2.49. The first-order valence-electron chi connectivity index (χ1n) is 4.25. The van der Waals surface area contributed by atoms with E-state index in [2.05, 4.69) is 11.5 Å². The fourth-order valence-corrected chi connectivity index (χ4v) is 1.52. The van der Waals surface area contributed by atoms with Gasteiger partial charge in [0.05, 0.1) is 11.4 Å². The van der Waals surface area contributed by atoms with E-state index >= 15 is 0 Å². The largest absolute Gasteiger partial charge is 0.432 e. The average molecular weight is 282 g/mol. The molecule has 4 N–H and O–H groups in total. The van der Waals surface area contributed by atoms with Crippen molar-refractivity contribution >= 4 is 0 Å². The van der Waals surface area contributed by atoms with Crippen LogP contribution in [0.1, 0.15) is 0 Å². The molecule has 2 atom stereocenters. The molecule has 0 heterocycles. The number of nitrogens with two attached hydrogens (primary N) is 2. The Bertz CT molecular complexity index is 380. The van der Waals surface area contributed by atoms with E-state index in [0.717, 1.165) is 0 Å². The molecule has 104 valence electrons. The van der Waals surface area contributed by atoms with Crippen LogP contribution in [0.5, 0.6) is 0 Å². The second-order valence-electron chi connectivity index (χ2n) is 3.56. The van der Waals surface area contributed by atoms with Gasteiger partial charge < -0.3 is 11.5 Å². The van der Waals surface area contributed by atoms with Crippen LogP contribution in [0.2, 0.25) is 0 Å². The Morgan fingerprint density at radius 2 is 0.944 bits per heavy atom. The lowest BCUT2D eigenvalue weighted by Gasteiger charge is -2.43. The molecule has 0 aromatic heterocycles. The van der Waals surface area contributed by atoms with Gasteiger partial charge in [-0.05, 0) is 12.2 Å². The highest BCUT2D eigenvalue weighted by Crippen LogP contribution is 2.57. The molecule has 0 aromatic rings. The molecule has 1 rings (SSSR count). The molecule has 0 radical (unpaired) electrons. The van der Waals surface area contributed by atoms with Crippen LogP contribution < -0.4 is 11.5 Å². The number of hydrogen-bond acceptors (Lipinski definition) is 2. The lowest BCUT2D eigenvalue weighted by Crippen LogP contribution is -2.69. The smallest absolute Gasteiger partial charge is 0.399 e. The molecule has 0 aromatic carbocycles. The minimum atomic E-state index is -6.23. The van der Waals surface area contributed by atoms with Crippen molar-refractivity contribution in [2.45, 2.75) is 23.7 Å². The zero-order valence-electron chi connectivity index (χ0n) is 8.33. The summed E-state index contributed by atoms with van der Waals surface area (Å²) in [6.45, 7) is 0. The van der Waals surface area contributed by atoms with Crippen molar-refractivity contribution in [1.29, 1.82) is 0 Å². The first-order chi connectivity index (χ1) is 7.80. The molecule has 18 heavy (non-hydrogen) atoms. The zero-order valence-corrected chi connectivity index (χ0v) is 8.33. The predicted molar refractivity (Wildman–Crippen MR) is 44.3 cm³/mol. The Morgan fingerprint density at radius 3 is 1.11 bits per heavy atom. The topological polar surface area (TPSA) is 52.0 Å². The number of alkyl halides is 8. The molecule has 0 aliphatic heterocycles. The van der Waals surface area contributed by atoms with Crippen LogP contribution in [-0.2, 0) is 0 Å². The molecule has 0 bridgehead atoms. The molecule has 2 unspecified atom stereocenters. The molecule has 0 amide bonds. The van der Waals surface area contributed by atoms with Crippen LogP contribution in [0, 0.1) is 0 Å². The second kappa shape index (κ2) is 3.51.